The molecule has 0 aromatic heterocycles. The van der Waals surface area contributed by atoms with Crippen LogP contribution in [0.5, 0.6) is 11.5 Å². The molecule has 0 unspecified atom stereocenters. The zero-order valence-corrected chi connectivity index (χ0v) is 14.7. The topological polar surface area (TPSA) is 80.7 Å². The molecule has 0 radical (unpaired) electrons. The van der Waals surface area contributed by atoms with Gasteiger partial charge in [-0.3, -0.25) is 0 Å². The van der Waals surface area contributed by atoms with Crippen LogP contribution in [0.1, 0.15) is 10.4 Å². The van der Waals surface area contributed by atoms with Crippen molar-refractivity contribution in [3.8, 4) is 11.5 Å². The first-order chi connectivity index (χ1) is 11.3. The molecule has 0 saturated carbocycles. The number of carboxylic acids is 1. The van der Waals surface area contributed by atoms with Crippen LogP contribution < -0.4 is 4.74 Å². The molecule has 5 nitrogen and oxygen atoms in total. The normalized spacial score (nSPS) is 11.0. The van der Waals surface area contributed by atoms with Crippen molar-refractivity contribution in [3.63, 3.8) is 0 Å². The lowest BCUT2D eigenvalue weighted by Crippen LogP contribution is -2.04. The number of halogens is 1. The standard InChI is InChI=1S/C16H13ClO5S2/c1-2-8-23-13-9-11(16(18)19)10-14(24(17,20)21)15(13)22-12-6-4-3-5-7-12/h2-7,9-10H,1,8H2,(H,18,19). The smallest absolute Gasteiger partial charge is 0.335 e. The molecule has 2 aromatic rings. The van der Waals surface area contributed by atoms with E-state index in [2.05, 4.69) is 6.58 Å². The van der Waals surface area contributed by atoms with Gasteiger partial charge in [0, 0.05) is 16.4 Å². The molecule has 0 bridgehead atoms. The number of carbonyl (C=O) groups is 1. The molecule has 0 aliphatic heterocycles. The number of hydrogen-bond donors (Lipinski definition) is 1. The maximum atomic E-state index is 11.9. The van der Waals surface area contributed by atoms with Crippen LogP contribution >= 0.6 is 22.4 Å². The summed E-state index contributed by atoms with van der Waals surface area (Å²) in [5, 5.41) is 9.20. The van der Waals surface area contributed by atoms with Gasteiger partial charge in [0.25, 0.3) is 9.05 Å². The van der Waals surface area contributed by atoms with Gasteiger partial charge >= 0.3 is 5.97 Å². The Morgan fingerprint density at radius 3 is 2.50 bits per heavy atom. The number of aromatic carboxylic acids is 1. The van der Waals surface area contributed by atoms with Crippen molar-refractivity contribution in [3.05, 3.63) is 60.7 Å². The van der Waals surface area contributed by atoms with E-state index in [0.717, 1.165) is 6.07 Å². The van der Waals surface area contributed by atoms with Gasteiger partial charge in [0.2, 0.25) is 0 Å². The van der Waals surface area contributed by atoms with Crippen molar-refractivity contribution in [1.29, 1.82) is 0 Å². The number of carboxylic acid groups (broad SMARTS) is 1. The summed E-state index contributed by atoms with van der Waals surface area (Å²) >= 11 is 1.20. The zero-order chi connectivity index (χ0) is 17.7. The second kappa shape index (κ2) is 7.74. The largest absolute Gasteiger partial charge is 0.478 e. The number of thioether (sulfide) groups is 1. The van der Waals surface area contributed by atoms with Crippen molar-refractivity contribution in [2.45, 2.75) is 9.79 Å². The predicted molar refractivity (Wildman–Crippen MR) is 93.9 cm³/mol. The summed E-state index contributed by atoms with van der Waals surface area (Å²) < 4.78 is 29.5. The quantitative estimate of drug-likeness (QED) is 0.433. The Labute approximate surface area is 148 Å². The number of hydrogen-bond acceptors (Lipinski definition) is 5. The number of rotatable bonds is 7. The maximum absolute atomic E-state index is 11.9. The van der Waals surface area contributed by atoms with Gasteiger partial charge in [0.1, 0.15) is 10.6 Å². The van der Waals surface area contributed by atoms with Crippen LogP contribution in [0.15, 0.2) is 64.9 Å². The van der Waals surface area contributed by atoms with E-state index < -0.39 is 15.0 Å². The second-order valence-corrected chi connectivity index (χ2v) is 8.16. The summed E-state index contributed by atoms with van der Waals surface area (Å²) in [6.45, 7) is 3.60. The van der Waals surface area contributed by atoms with Crippen molar-refractivity contribution in [2.75, 3.05) is 5.75 Å². The Morgan fingerprint density at radius 2 is 1.96 bits per heavy atom. The minimum atomic E-state index is -4.21. The van der Waals surface area contributed by atoms with Crippen molar-refractivity contribution in [1.82, 2.24) is 0 Å². The number of ether oxygens (including phenoxy) is 1. The lowest BCUT2D eigenvalue weighted by molar-refractivity contribution is 0.0696. The first kappa shape index (κ1) is 18.4. The van der Waals surface area contributed by atoms with Gasteiger partial charge in [0.15, 0.2) is 5.75 Å². The van der Waals surface area contributed by atoms with Crippen LogP contribution in [0, 0.1) is 0 Å². The average Bonchev–Trinajstić information content (AvgIpc) is 2.53. The molecule has 24 heavy (non-hydrogen) atoms. The highest BCUT2D eigenvalue weighted by molar-refractivity contribution is 8.13. The highest BCUT2D eigenvalue weighted by atomic mass is 35.7. The molecule has 0 fully saturated rings. The van der Waals surface area contributed by atoms with Crippen LogP contribution in [0.2, 0.25) is 0 Å². The molecular weight excluding hydrogens is 372 g/mol. The van der Waals surface area contributed by atoms with Crippen molar-refractivity contribution in [2.24, 2.45) is 0 Å². The molecule has 1 N–H and O–H groups in total. The highest BCUT2D eigenvalue weighted by Crippen LogP contribution is 2.40. The molecule has 0 spiro atoms. The molecule has 0 atom stereocenters. The van der Waals surface area contributed by atoms with Gasteiger partial charge in [-0.2, -0.15) is 0 Å². The van der Waals surface area contributed by atoms with Crippen LogP contribution in [0.3, 0.4) is 0 Å². The van der Waals surface area contributed by atoms with Gasteiger partial charge < -0.3 is 9.84 Å². The van der Waals surface area contributed by atoms with E-state index in [1.807, 2.05) is 0 Å². The average molecular weight is 385 g/mol. The van der Waals surface area contributed by atoms with E-state index >= 15 is 0 Å². The summed E-state index contributed by atoms with van der Waals surface area (Å²) in [5.74, 6) is -0.422. The Hall–Kier alpha value is -1.96. The SMILES string of the molecule is C=CCSc1cc(C(=O)O)cc(S(=O)(=O)Cl)c1Oc1ccccc1. The lowest BCUT2D eigenvalue weighted by atomic mass is 10.2. The number of benzene rings is 2. The molecule has 0 aliphatic rings. The second-order valence-electron chi connectivity index (χ2n) is 4.56. The third-order valence-electron chi connectivity index (χ3n) is 2.85. The van der Waals surface area contributed by atoms with Crippen LogP contribution in [0.4, 0.5) is 0 Å². The minimum absolute atomic E-state index is 0.00644. The van der Waals surface area contributed by atoms with Gasteiger partial charge in [-0.15, -0.1) is 18.3 Å². The molecule has 0 saturated heterocycles. The maximum Gasteiger partial charge on any atom is 0.335 e. The Morgan fingerprint density at radius 1 is 1.29 bits per heavy atom. The molecule has 2 rings (SSSR count). The first-order valence-electron chi connectivity index (χ1n) is 6.65. The molecule has 0 heterocycles. The predicted octanol–water partition coefficient (Wildman–Crippen LogP) is 4.38. The van der Waals surface area contributed by atoms with Crippen LogP contribution in [-0.4, -0.2) is 25.2 Å². The molecule has 126 valence electrons. The van der Waals surface area contributed by atoms with Gasteiger partial charge in [-0.1, -0.05) is 24.3 Å². The molecule has 0 amide bonds. The Bertz CT molecular complexity index is 864. The zero-order valence-electron chi connectivity index (χ0n) is 12.3. The van der Waals surface area contributed by atoms with E-state index in [1.165, 1.54) is 17.8 Å². The Balaban J connectivity index is 2.66. The lowest BCUT2D eigenvalue weighted by Gasteiger charge is -2.14. The summed E-state index contributed by atoms with van der Waals surface area (Å²) in [6.07, 6.45) is 1.61. The van der Waals surface area contributed by atoms with Gasteiger partial charge in [-0.05, 0) is 24.3 Å². The third-order valence-corrected chi connectivity index (χ3v) is 5.19. The van der Waals surface area contributed by atoms with E-state index in [1.54, 1.807) is 36.4 Å². The van der Waals surface area contributed by atoms with E-state index in [0.29, 0.717) is 16.4 Å². The Kier molecular flexibility index (Phi) is 5.93. The van der Waals surface area contributed by atoms with Gasteiger partial charge in [0.05, 0.1) is 10.5 Å². The van der Waals surface area contributed by atoms with Gasteiger partial charge in [-0.25, -0.2) is 13.2 Å². The fraction of sp³-hybridized carbons (Fsp3) is 0.0625. The van der Waals surface area contributed by atoms with Crippen LogP contribution in [-0.2, 0) is 9.05 Å². The van der Waals surface area contributed by atoms with E-state index in [-0.39, 0.29) is 16.2 Å². The third kappa shape index (κ3) is 4.53. The summed E-state index contributed by atoms with van der Waals surface area (Å²) in [7, 11) is 1.27. The minimum Gasteiger partial charge on any atom is -0.478 e. The summed E-state index contributed by atoms with van der Waals surface area (Å²) in [4.78, 5) is 11.2. The monoisotopic (exact) mass is 384 g/mol. The van der Waals surface area contributed by atoms with Crippen molar-refractivity contribution >= 4 is 37.5 Å². The summed E-state index contributed by atoms with van der Waals surface area (Å²) in [6, 6.07) is 10.9. The van der Waals surface area contributed by atoms with Crippen molar-refractivity contribution < 1.29 is 23.1 Å². The van der Waals surface area contributed by atoms with Crippen LogP contribution in [0.25, 0.3) is 0 Å². The highest BCUT2D eigenvalue weighted by Gasteiger charge is 2.24. The fourth-order valence-electron chi connectivity index (χ4n) is 1.84. The first-order valence-corrected chi connectivity index (χ1v) is 9.95. The fourth-order valence-corrected chi connectivity index (χ4v) is 3.68. The molecule has 2 aromatic carbocycles. The molecular formula is C16H13ClO5S2. The summed E-state index contributed by atoms with van der Waals surface area (Å²) in [5.41, 5.74) is -0.193. The van der Waals surface area contributed by atoms with E-state index in [4.69, 9.17) is 15.4 Å². The number of para-hydroxylation sites is 1. The molecule has 0 aliphatic carbocycles. The molecule has 8 heteroatoms. The van der Waals surface area contributed by atoms with E-state index in [9.17, 15) is 18.3 Å².